The van der Waals surface area contributed by atoms with Gasteiger partial charge in [0.2, 0.25) is 0 Å². The van der Waals surface area contributed by atoms with E-state index in [4.69, 9.17) is 9.84 Å². The molecule has 1 heterocycles. The molecule has 1 saturated heterocycles. The van der Waals surface area contributed by atoms with E-state index in [9.17, 15) is 0 Å². The van der Waals surface area contributed by atoms with Gasteiger partial charge in [-0.2, -0.15) is 0 Å². The van der Waals surface area contributed by atoms with Crippen LogP contribution in [0.5, 0.6) is 0 Å². The summed E-state index contributed by atoms with van der Waals surface area (Å²) < 4.78 is 4.93. The maximum Gasteiger partial charge on any atom is 0.181 e. The highest BCUT2D eigenvalue weighted by atomic mass is 16.7. The minimum atomic E-state index is -0.431. The summed E-state index contributed by atoms with van der Waals surface area (Å²) in [7, 11) is 0. The van der Waals surface area contributed by atoms with Crippen molar-refractivity contribution in [2.45, 2.75) is 77.1 Å². The minimum absolute atomic E-state index is 0.176. The van der Waals surface area contributed by atoms with Gasteiger partial charge in [-0.05, 0) is 6.42 Å². The van der Waals surface area contributed by atoms with Crippen molar-refractivity contribution in [3.8, 4) is 0 Å². The Kier molecular flexibility index (Phi) is 6.20. The first-order valence-electron chi connectivity index (χ1n) is 6.18. The Hall–Kier alpha value is -0.0800. The van der Waals surface area contributed by atoms with Crippen molar-refractivity contribution < 1.29 is 9.84 Å². The van der Waals surface area contributed by atoms with Crippen LogP contribution in [0.3, 0.4) is 0 Å². The van der Waals surface area contributed by atoms with Crippen LogP contribution in [0.15, 0.2) is 0 Å². The molecule has 0 aromatic carbocycles. The minimum Gasteiger partial charge on any atom is -0.366 e. The molecule has 0 radical (unpaired) electrons. The Labute approximate surface area is 87.7 Å². The van der Waals surface area contributed by atoms with Gasteiger partial charge in [0.05, 0.1) is 0 Å². The fourth-order valence-corrected chi connectivity index (χ4v) is 1.82. The van der Waals surface area contributed by atoms with Crippen molar-refractivity contribution in [3.63, 3.8) is 0 Å². The average molecular weight is 200 g/mol. The lowest BCUT2D eigenvalue weighted by Gasteiger charge is -2.00. The quantitative estimate of drug-likeness (QED) is 0.458. The molecule has 0 saturated carbocycles. The third kappa shape index (κ3) is 5.61. The fraction of sp³-hybridized carbons (Fsp3) is 1.00. The molecule has 2 heteroatoms. The third-order valence-corrected chi connectivity index (χ3v) is 2.90. The zero-order valence-corrected chi connectivity index (χ0v) is 9.37. The van der Waals surface area contributed by atoms with E-state index in [1.165, 1.54) is 51.4 Å². The standard InChI is InChI=1S/C12H24O2/c1-2-3-4-5-6-7-8-9-10-11-12(13)14-11/h11-13H,2-10H2,1H3. The first-order valence-corrected chi connectivity index (χ1v) is 6.18. The van der Waals surface area contributed by atoms with Crippen LogP contribution in [0.25, 0.3) is 0 Å². The van der Waals surface area contributed by atoms with Crippen LogP contribution in [-0.2, 0) is 4.74 Å². The highest BCUT2D eigenvalue weighted by Crippen LogP contribution is 2.24. The van der Waals surface area contributed by atoms with Crippen LogP contribution >= 0.6 is 0 Å². The molecule has 84 valence electrons. The second kappa shape index (κ2) is 7.24. The molecule has 0 aliphatic carbocycles. The predicted octanol–water partition coefficient (Wildman–Crippen LogP) is 3.23. The summed E-state index contributed by atoms with van der Waals surface area (Å²) in [5.41, 5.74) is 0. The molecule has 0 bridgehead atoms. The zero-order chi connectivity index (χ0) is 10.2. The molecule has 0 aromatic rings. The maximum atomic E-state index is 8.90. The fourth-order valence-electron chi connectivity index (χ4n) is 1.82. The van der Waals surface area contributed by atoms with Crippen LogP contribution < -0.4 is 0 Å². The molecular formula is C12H24O2. The highest BCUT2D eigenvalue weighted by Gasteiger charge is 2.35. The number of epoxide rings is 1. The molecule has 1 aliphatic heterocycles. The van der Waals surface area contributed by atoms with Gasteiger partial charge in [0.1, 0.15) is 6.10 Å². The number of aliphatic hydroxyl groups excluding tert-OH is 1. The van der Waals surface area contributed by atoms with Crippen LogP contribution in [0.2, 0.25) is 0 Å². The van der Waals surface area contributed by atoms with Crippen molar-refractivity contribution in [1.82, 2.24) is 0 Å². The Morgan fingerprint density at radius 2 is 1.43 bits per heavy atom. The van der Waals surface area contributed by atoms with E-state index in [0.717, 1.165) is 6.42 Å². The maximum absolute atomic E-state index is 8.90. The Morgan fingerprint density at radius 3 is 1.93 bits per heavy atom. The van der Waals surface area contributed by atoms with Gasteiger partial charge < -0.3 is 9.84 Å². The second-order valence-electron chi connectivity index (χ2n) is 4.33. The van der Waals surface area contributed by atoms with Crippen molar-refractivity contribution in [1.29, 1.82) is 0 Å². The topological polar surface area (TPSA) is 32.8 Å². The monoisotopic (exact) mass is 200 g/mol. The Balaban J connectivity index is 1.68. The normalized spacial score (nSPS) is 25.3. The molecule has 1 aliphatic rings. The first-order chi connectivity index (χ1) is 6.84. The highest BCUT2D eigenvalue weighted by molar-refractivity contribution is 4.74. The van der Waals surface area contributed by atoms with Crippen molar-refractivity contribution in [3.05, 3.63) is 0 Å². The molecule has 2 unspecified atom stereocenters. The van der Waals surface area contributed by atoms with E-state index in [0.29, 0.717) is 0 Å². The lowest BCUT2D eigenvalue weighted by atomic mass is 10.1. The molecule has 0 spiro atoms. The molecule has 1 rings (SSSR count). The van der Waals surface area contributed by atoms with E-state index in [2.05, 4.69) is 6.92 Å². The average Bonchev–Trinajstić information content (AvgIpc) is 2.87. The van der Waals surface area contributed by atoms with Crippen LogP contribution in [0.4, 0.5) is 0 Å². The van der Waals surface area contributed by atoms with Crippen LogP contribution in [0.1, 0.15) is 64.7 Å². The summed E-state index contributed by atoms with van der Waals surface area (Å²) >= 11 is 0. The number of aliphatic hydroxyl groups is 1. The molecule has 1 fully saturated rings. The van der Waals surface area contributed by atoms with E-state index < -0.39 is 6.29 Å². The molecular weight excluding hydrogens is 176 g/mol. The van der Waals surface area contributed by atoms with Gasteiger partial charge in [-0.3, -0.25) is 0 Å². The van der Waals surface area contributed by atoms with Crippen molar-refractivity contribution in [2.75, 3.05) is 0 Å². The molecule has 14 heavy (non-hydrogen) atoms. The summed E-state index contributed by atoms with van der Waals surface area (Å²) in [6, 6.07) is 0. The lowest BCUT2D eigenvalue weighted by molar-refractivity contribution is 0.156. The molecule has 0 aromatic heterocycles. The molecule has 2 nitrogen and oxygen atoms in total. The van der Waals surface area contributed by atoms with Crippen molar-refractivity contribution in [2.24, 2.45) is 0 Å². The van der Waals surface area contributed by atoms with Gasteiger partial charge in [-0.15, -0.1) is 0 Å². The van der Waals surface area contributed by atoms with Crippen molar-refractivity contribution >= 4 is 0 Å². The van der Waals surface area contributed by atoms with E-state index in [1.54, 1.807) is 0 Å². The van der Waals surface area contributed by atoms with Gasteiger partial charge in [0.25, 0.3) is 0 Å². The molecule has 1 N–H and O–H groups in total. The van der Waals surface area contributed by atoms with E-state index in [-0.39, 0.29) is 6.10 Å². The molecule has 2 atom stereocenters. The lowest BCUT2D eigenvalue weighted by Crippen LogP contribution is -1.91. The summed E-state index contributed by atoms with van der Waals surface area (Å²) in [5, 5.41) is 8.90. The SMILES string of the molecule is CCCCCCCCCCC1OC1O. The smallest absolute Gasteiger partial charge is 0.181 e. The first kappa shape index (κ1) is 12.0. The summed E-state index contributed by atoms with van der Waals surface area (Å²) in [6.45, 7) is 2.25. The van der Waals surface area contributed by atoms with Gasteiger partial charge in [0, 0.05) is 0 Å². The van der Waals surface area contributed by atoms with Gasteiger partial charge in [-0.1, -0.05) is 58.3 Å². The number of rotatable bonds is 9. The summed E-state index contributed by atoms with van der Waals surface area (Å²) in [4.78, 5) is 0. The predicted molar refractivity (Wildman–Crippen MR) is 58.1 cm³/mol. The van der Waals surface area contributed by atoms with Crippen LogP contribution in [0, 0.1) is 0 Å². The van der Waals surface area contributed by atoms with Gasteiger partial charge in [0.15, 0.2) is 6.29 Å². The Bertz CT molecular complexity index is 136. The third-order valence-electron chi connectivity index (χ3n) is 2.90. The van der Waals surface area contributed by atoms with Gasteiger partial charge in [-0.25, -0.2) is 0 Å². The van der Waals surface area contributed by atoms with E-state index >= 15 is 0 Å². The number of unbranched alkanes of at least 4 members (excludes halogenated alkanes) is 7. The zero-order valence-electron chi connectivity index (χ0n) is 9.37. The molecule has 0 amide bonds. The number of hydrogen-bond acceptors (Lipinski definition) is 2. The number of ether oxygens (including phenoxy) is 1. The second-order valence-corrected chi connectivity index (χ2v) is 4.33. The van der Waals surface area contributed by atoms with Crippen LogP contribution in [-0.4, -0.2) is 17.5 Å². The summed E-state index contributed by atoms with van der Waals surface area (Å²) in [6.07, 6.45) is 11.6. The van der Waals surface area contributed by atoms with Gasteiger partial charge >= 0.3 is 0 Å². The number of hydrogen-bond donors (Lipinski definition) is 1. The Morgan fingerprint density at radius 1 is 0.929 bits per heavy atom. The largest absolute Gasteiger partial charge is 0.366 e. The summed E-state index contributed by atoms with van der Waals surface area (Å²) in [5.74, 6) is 0. The van der Waals surface area contributed by atoms with E-state index in [1.807, 2.05) is 0 Å².